The van der Waals surface area contributed by atoms with Crippen LogP contribution in [-0.4, -0.2) is 0 Å². The maximum Gasteiger partial charge on any atom is 0.136 e. The van der Waals surface area contributed by atoms with E-state index in [4.69, 9.17) is 4.42 Å². The topological polar surface area (TPSA) is 16.4 Å². The monoisotopic (exact) mass is 765 g/mol. The van der Waals surface area contributed by atoms with E-state index in [0.717, 1.165) is 61.6 Å². The van der Waals surface area contributed by atoms with Crippen LogP contribution >= 0.6 is 0 Å². The molecule has 0 fully saturated rings. The fourth-order valence-corrected chi connectivity index (χ4v) is 8.67. The smallest absolute Gasteiger partial charge is 0.136 e. The average molecular weight is 766 g/mol. The molecule has 0 N–H and O–H groups in total. The molecule has 0 atom stereocenters. The van der Waals surface area contributed by atoms with Gasteiger partial charge >= 0.3 is 0 Å². The summed E-state index contributed by atoms with van der Waals surface area (Å²) >= 11 is 0. The second-order valence-corrected chi connectivity index (χ2v) is 15.3. The van der Waals surface area contributed by atoms with Crippen molar-refractivity contribution in [3.8, 4) is 55.8 Å². The summed E-state index contributed by atoms with van der Waals surface area (Å²) in [4.78, 5) is 2.37. The van der Waals surface area contributed by atoms with Gasteiger partial charge in [0.2, 0.25) is 0 Å². The van der Waals surface area contributed by atoms with Crippen LogP contribution in [0.15, 0.2) is 241 Å². The van der Waals surface area contributed by atoms with Gasteiger partial charge in [-0.05, 0) is 109 Å². The predicted molar refractivity (Wildman–Crippen MR) is 253 cm³/mol. The van der Waals surface area contributed by atoms with Crippen molar-refractivity contribution >= 4 is 49.6 Å². The van der Waals surface area contributed by atoms with E-state index < -0.39 is 0 Å². The molecule has 2 nitrogen and oxygen atoms in total. The highest BCUT2D eigenvalue weighted by atomic mass is 16.3. The molecule has 2 heteroatoms. The number of hydrogen-bond donors (Lipinski definition) is 0. The Bertz CT molecular complexity index is 3240. The number of hydrogen-bond acceptors (Lipinski definition) is 2. The van der Waals surface area contributed by atoms with E-state index >= 15 is 0 Å². The molecule has 0 aliphatic heterocycles. The van der Waals surface area contributed by atoms with Crippen molar-refractivity contribution in [3.05, 3.63) is 237 Å². The maximum absolute atomic E-state index is 6.46. The van der Waals surface area contributed by atoms with Crippen LogP contribution in [0.3, 0.4) is 0 Å². The number of fused-ring (bicyclic) bond motifs is 3. The first-order valence-electron chi connectivity index (χ1n) is 20.5. The Morgan fingerprint density at radius 3 is 1.48 bits per heavy atom. The Balaban J connectivity index is 0.955. The van der Waals surface area contributed by atoms with Crippen LogP contribution in [0.1, 0.15) is 0 Å². The van der Waals surface area contributed by atoms with E-state index in [1.54, 1.807) is 0 Å². The second kappa shape index (κ2) is 15.1. The zero-order valence-electron chi connectivity index (χ0n) is 32.9. The molecule has 11 rings (SSSR count). The van der Waals surface area contributed by atoms with Gasteiger partial charge < -0.3 is 9.32 Å². The van der Waals surface area contributed by atoms with Crippen LogP contribution in [0, 0.1) is 0 Å². The van der Waals surface area contributed by atoms with E-state index in [9.17, 15) is 0 Å². The lowest BCUT2D eigenvalue weighted by atomic mass is 9.93. The SMILES string of the molecule is c1ccc(-c2ccc(-c3ccc(N(c4ccc(-c5ccc(-c6cccc7ccccc67)cc5)cc4)c4cccc5ccccc45)cc3)cc2-c2cc3ccccc3o2)cc1. The Morgan fingerprint density at radius 2 is 0.783 bits per heavy atom. The van der Waals surface area contributed by atoms with Crippen LogP contribution in [0.4, 0.5) is 17.1 Å². The Labute approximate surface area is 349 Å². The highest BCUT2D eigenvalue weighted by Gasteiger charge is 2.18. The minimum atomic E-state index is 0.861. The van der Waals surface area contributed by atoms with E-state index in [-0.39, 0.29) is 0 Å². The van der Waals surface area contributed by atoms with Gasteiger partial charge in [0, 0.05) is 27.7 Å². The molecule has 0 radical (unpaired) electrons. The lowest BCUT2D eigenvalue weighted by molar-refractivity contribution is 0.632. The highest BCUT2D eigenvalue weighted by molar-refractivity contribution is 6.00. The molecule has 1 aromatic heterocycles. The minimum Gasteiger partial charge on any atom is -0.456 e. The van der Waals surface area contributed by atoms with Crippen molar-refractivity contribution in [3.63, 3.8) is 0 Å². The number of anilines is 3. The van der Waals surface area contributed by atoms with Gasteiger partial charge in [-0.25, -0.2) is 0 Å². The zero-order chi connectivity index (χ0) is 39.8. The molecule has 0 bridgehead atoms. The molecule has 0 unspecified atom stereocenters. The molecular formula is C58H39NO. The van der Waals surface area contributed by atoms with Crippen LogP contribution in [0.5, 0.6) is 0 Å². The molecule has 0 amide bonds. The molecular weight excluding hydrogens is 727 g/mol. The summed E-state index contributed by atoms with van der Waals surface area (Å²) in [6, 6.07) is 84.8. The summed E-state index contributed by atoms with van der Waals surface area (Å²) in [6.07, 6.45) is 0. The number of nitrogens with zero attached hydrogens (tertiary/aromatic N) is 1. The van der Waals surface area contributed by atoms with Crippen molar-refractivity contribution in [2.75, 3.05) is 4.90 Å². The summed E-state index contributed by atoms with van der Waals surface area (Å²) < 4.78 is 6.46. The third-order valence-corrected chi connectivity index (χ3v) is 11.7. The normalized spacial score (nSPS) is 11.3. The van der Waals surface area contributed by atoms with Gasteiger partial charge in [0.25, 0.3) is 0 Å². The van der Waals surface area contributed by atoms with Gasteiger partial charge in [0.15, 0.2) is 0 Å². The van der Waals surface area contributed by atoms with Gasteiger partial charge in [-0.2, -0.15) is 0 Å². The first-order valence-corrected chi connectivity index (χ1v) is 20.5. The molecule has 11 aromatic rings. The van der Waals surface area contributed by atoms with E-state index in [0.29, 0.717) is 0 Å². The van der Waals surface area contributed by atoms with Crippen molar-refractivity contribution in [2.24, 2.45) is 0 Å². The van der Waals surface area contributed by atoms with Crippen LogP contribution in [0.25, 0.3) is 88.3 Å². The molecule has 0 aliphatic rings. The van der Waals surface area contributed by atoms with Crippen molar-refractivity contribution in [1.29, 1.82) is 0 Å². The molecule has 1 heterocycles. The lowest BCUT2D eigenvalue weighted by Gasteiger charge is -2.27. The van der Waals surface area contributed by atoms with Gasteiger partial charge in [0.05, 0.1) is 5.69 Å². The second-order valence-electron chi connectivity index (χ2n) is 15.3. The Hall–Kier alpha value is -7.94. The van der Waals surface area contributed by atoms with Crippen LogP contribution in [-0.2, 0) is 0 Å². The molecule has 0 spiro atoms. The molecule has 0 saturated carbocycles. The molecule has 282 valence electrons. The Morgan fingerprint density at radius 1 is 0.283 bits per heavy atom. The average Bonchev–Trinajstić information content (AvgIpc) is 3.77. The molecule has 60 heavy (non-hydrogen) atoms. The largest absolute Gasteiger partial charge is 0.456 e. The van der Waals surface area contributed by atoms with E-state index in [2.05, 4.69) is 229 Å². The van der Waals surface area contributed by atoms with Crippen molar-refractivity contribution < 1.29 is 4.42 Å². The zero-order valence-corrected chi connectivity index (χ0v) is 32.9. The van der Waals surface area contributed by atoms with Crippen LogP contribution in [0.2, 0.25) is 0 Å². The fourth-order valence-electron chi connectivity index (χ4n) is 8.67. The van der Waals surface area contributed by atoms with Crippen molar-refractivity contribution in [1.82, 2.24) is 0 Å². The third kappa shape index (κ3) is 6.51. The first-order chi connectivity index (χ1) is 29.7. The summed E-state index contributed by atoms with van der Waals surface area (Å²) in [5.74, 6) is 0.861. The minimum absolute atomic E-state index is 0.861. The van der Waals surface area contributed by atoms with E-state index in [1.807, 2.05) is 12.1 Å². The van der Waals surface area contributed by atoms with Gasteiger partial charge in [-0.1, -0.05) is 188 Å². The highest BCUT2D eigenvalue weighted by Crippen LogP contribution is 2.42. The third-order valence-electron chi connectivity index (χ3n) is 11.7. The maximum atomic E-state index is 6.46. The number of benzene rings is 10. The standard InChI is InChI=1S/C58H39NO/c1-2-12-43(13-3-1)53-37-32-47(38-55(53)58-39-48-16-6-9-23-57(48)60-58)42-30-35-50(36-31-42)59(56-22-11-18-45-15-5-8-20-54(45)56)49-33-28-41(29-34-49)40-24-26-46(27-25-40)52-21-10-17-44-14-4-7-19-51(44)52/h1-39H. The van der Waals surface area contributed by atoms with Gasteiger partial charge in [-0.3, -0.25) is 0 Å². The summed E-state index contributed by atoms with van der Waals surface area (Å²) in [5.41, 5.74) is 14.7. The quantitative estimate of drug-likeness (QED) is 0.153. The fraction of sp³-hybridized carbons (Fsp3) is 0. The van der Waals surface area contributed by atoms with Gasteiger partial charge in [0.1, 0.15) is 11.3 Å². The predicted octanol–water partition coefficient (Wildman–Crippen LogP) is 16.5. The van der Waals surface area contributed by atoms with Gasteiger partial charge in [-0.15, -0.1) is 0 Å². The summed E-state index contributed by atoms with van der Waals surface area (Å²) in [7, 11) is 0. The molecule has 0 saturated heterocycles. The number of rotatable bonds is 8. The number of furan rings is 1. The summed E-state index contributed by atoms with van der Waals surface area (Å²) in [5, 5.41) is 6.02. The summed E-state index contributed by atoms with van der Waals surface area (Å²) in [6.45, 7) is 0. The van der Waals surface area contributed by atoms with Crippen molar-refractivity contribution in [2.45, 2.75) is 0 Å². The first kappa shape index (κ1) is 35.2. The molecule has 0 aliphatic carbocycles. The van der Waals surface area contributed by atoms with Crippen LogP contribution < -0.4 is 4.90 Å². The van der Waals surface area contributed by atoms with E-state index in [1.165, 1.54) is 43.8 Å². The Kier molecular flexibility index (Phi) is 8.87. The number of para-hydroxylation sites is 1. The molecule has 10 aromatic carbocycles. The lowest BCUT2D eigenvalue weighted by Crippen LogP contribution is -2.10.